The molecule has 33 heavy (non-hydrogen) atoms. The van der Waals surface area contributed by atoms with Gasteiger partial charge in [-0.05, 0) is 29.7 Å². The maximum absolute atomic E-state index is 12.7. The highest BCUT2D eigenvalue weighted by molar-refractivity contribution is 6.01. The lowest BCUT2D eigenvalue weighted by Crippen LogP contribution is -2.04. The van der Waals surface area contributed by atoms with E-state index < -0.39 is 0 Å². The molecule has 4 aromatic rings. The number of ketones is 1. The number of rotatable bonds is 6. The van der Waals surface area contributed by atoms with Crippen LogP contribution >= 0.6 is 0 Å². The molecule has 3 aromatic carbocycles. The zero-order valence-corrected chi connectivity index (χ0v) is 19.0. The van der Waals surface area contributed by atoms with E-state index in [-0.39, 0.29) is 11.7 Å². The number of Topliss-reactive ketones (excluding diaryl/α,β-unsaturated/α-hetero) is 1. The predicted octanol–water partition coefficient (Wildman–Crippen LogP) is 6.77. The summed E-state index contributed by atoms with van der Waals surface area (Å²) < 4.78 is 6.09. The second-order valence-electron chi connectivity index (χ2n) is 8.61. The summed E-state index contributed by atoms with van der Waals surface area (Å²) in [4.78, 5) is 22.8. The third kappa shape index (κ3) is 3.52. The van der Waals surface area contributed by atoms with Crippen molar-refractivity contribution >= 4 is 39.5 Å². The van der Waals surface area contributed by atoms with Crippen LogP contribution in [0.4, 0.5) is 0 Å². The zero-order chi connectivity index (χ0) is 23.1. The quantitative estimate of drug-likeness (QED) is 0.248. The Labute approximate surface area is 193 Å². The maximum atomic E-state index is 12.7. The fourth-order valence-corrected chi connectivity index (χ4v) is 4.61. The third-order valence-electron chi connectivity index (χ3n) is 6.39. The van der Waals surface area contributed by atoms with Crippen LogP contribution in [0.3, 0.4) is 0 Å². The van der Waals surface area contributed by atoms with Gasteiger partial charge in [0.15, 0.2) is 5.78 Å². The molecule has 164 valence electrons. The monoisotopic (exact) mass is 434 g/mol. The number of allylic oxidation sites excluding steroid dienone is 1. The number of carbonyl (C=O) groups is 1. The van der Waals surface area contributed by atoms with E-state index in [1.807, 2.05) is 54.6 Å². The Morgan fingerprint density at radius 2 is 1.88 bits per heavy atom. The minimum atomic E-state index is 0.0868. The van der Waals surface area contributed by atoms with Crippen molar-refractivity contribution in [2.24, 2.45) is 0 Å². The first-order valence-electron chi connectivity index (χ1n) is 11.3. The molecule has 0 amide bonds. The lowest BCUT2D eigenvalue weighted by atomic mass is 9.90. The van der Waals surface area contributed by atoms with Gasteiger partial charge >= 0.3 is 0 Å². The van der Waals surface area contributed by atoms with Crippen LogP contribution in [0.1, 0.15) is 58.8 Å². The van der Waals surface area contributed by atoms with Crippen molar-refractivity contribution in [3.8, 4) is 5.75 Å². The van der Waals surface area contributed by atoms with E-state index in [1.165, 1.54) is 0 Å². The second kappa shape index (κ2) is 8.28. The van der Waals surface area contributed by atoms with Crippen LogP contribution in [-0.2, 0) is 6.42 Å². The van der Waals surface area contributed by atoms with Crippen LogP contribution in [-0.4, -0.2) is 22.4 Å². The van der Waals surface area contributed by atoms with Crippen molar-refractivity contribution < 1.29 is 9.53 Å². The van der Waals surface area contributed by atoms with E-state index in [4.69, 9.17) is 14.7 Å². The predicted molar refractivity (Wildman–Crippen MR) is 135 cm³/mol. The number of benzene rings is 3. The number of fused-ring (bicyclic) bond motifs is 4. The Morgan fingerprint density at radius 1 is 1.12 bits per heavy atom. The van der Waals surface area contributed by atoms with E-state index in [0.29, 0.717) is 18.6 Å². The highest BCUT2D eigenvalue weighted by Crippen LogP contribution is 2.46. The van der Waals surface area contributed by atoms with Crippen molar-refractivity contribution in [3.63, 3.8) is 0 Å². The standard InChI is InChI=1S/C29H26N2O2/c1-5-17(3)25-21(6-2)29-26(18(4)16-33-29)28-27(25)30-22-13-12-19(14-23(22)31-28)15-24(32)20-10-8-7-9-11-20/h6-14,18H,2-3,5,15-16H2,1,4H3. The van der Waals surface area contributed by atoms with E-state index in [2.05, 4.69) is 27.0 Å². The lowest BCUT2D eigenvalue weighted by molar-refractivity contribution is 0.0993. The molecule has 1 atom stereocenters. The minimum absolute atomic E-state index is 0.0868. The number of aromatic nitrogens is 2. The Kier molecular flexibility index (Phi) is 5.29. The van der Waals surface area contributed by atoms with Crippen LogP contribution < -0.4 is 4.74 Å². The average Bonchev–Trinajstić information content (AvgIpc) is 3.23. The largest absolute Gasteiger partial charge is 0.492 e. The van der Waals surface area contributed by atoms with Crippen LogP contribution in [0.25, 0.3) is 33.7 Å². The summed E-state index contributed by atoms with van der Waals surface area (Å²) in [6.45, 7) is 13.2. The first-order chi connectivity index (χ1) is 16.0. The lowest BCUT2D eigenvalue weighted by Gasteiger charge is -2.17. The molecule has 0 radical (unpaired) electrons. The van der Waals surface area contributed by atoms with Gasteiger partial charge in [0.25, 0.3) is 0 Å². The highest BCUT2D eigenvalue weighted by atomic mass is 16.5. The summed E-state index contributed by atoms with van der Waals surface area (Å²) in [5, 5.41) is 0. The summed E-state index contributed by atoms with van der Waals surface area (Å²) in [6, 6.07) is 15.3. The molecule has 0 aliphatic carbocycles. The van der Waals surface area contributed by atoms with Crippen molar-refractivity contribution in [2.75, 3.05) is 6.61 Å². The van der Waals surface area contributed by atoms with E-state index in [0.717, 1.165) is 62.1 Å². The number of hydrogen-bond donors (Lipinski definition) is 0. The topological polar surface area (TPSA) is 52.1 Å². The smallest absolute Gasteiger partial charge is 0.167 e. The van der Waals surface area contributed by atoms with Gasteiger partial charge in [0.2, 0.25) is 0 Å². The molecule has 1 aromatic heterocycles. The van der Waals surface area contributed by atoms with Crippen molar-refractivity contribution in [1.82, 2.24) is 9.97 Å². The van der Waals surface area contributed by atoms with Gasteiger partial charge in [-0.25, -0.2) is 9.97 Å². The molecule has 0 saturated heterocycles. The van der Waals surface area contributed by atoms with Crippen molar-refractivity contribution in [2.45, 2.75) is 32.6 Å². The van der Waals surface area contributed by atoms with Crippen LogP contribution in [0.2, 0.25) is 0 Å². The first kappa shape index (κ1) is 21.1. The van der Waals surface area contributed by atoms with Crippen LogP contribution in [0.15, 0.2) is 61.7 Å². The molecule has 0 bridgehead atoms. The van der Waals surface area contributed by atoms with Gasteiger partial charge in [-0.3, -0.25) is 4.79 Å². The van der Waals surface area contributed by atoms with Crippen molar-refractivity contribution in [3.05, 3.63) is 89.5 Å². The zero-order valence-electron chi connectivity index (χ0n) is 19.0. The average molecular weight is 435 g/mol. The molecule has 2 heterocycles. The molecular weight excluding hydrogens is 408 g/mol. The summed E-state index contributed by atoms with van der Waals surface area (Å²) in [6.07, 6.45) is 2.96. The maximum Gasteiger partial charge on any atom is 0.167 e. The molecule has 0 N–H and O–H groups in total. The van der Waals surface area contributed by atoms with E-state index >= 15 is 0 Å². The number of carbonyl (C=O) groups excluding carboxylic acids is 1. The van der Waals surface area contributed by atoms with Gasteiger partial charge < -0.3 is 4.74 Å². The third-order valence-corrected chi connectivity index (χ3v) is 6.39. The molecule has 0 saturated carbocycles. The Bertz CT molecular complexity index is 1440. The Hall–Kier alpha value is -3.79. The molecule has 1 aliphatic rings. The van der Waals surface area contributed by atoms with E-state index in [9.17, 15) is 4.79 Å². The van der Waals surface area contributed by atoms with Crippen LogP contribution in [0, 0.1) is 0 Å². The minimum Gasteiger partial charge on any atom is -0.492 e. The number of ether oxygens (including phenoxy) is 1. The molecule has 1 aliphatic heterocycles. The molecule has 4 nitrogen and oxygen atoms in total. The van der Waals surface area contributed by atoms with Gasteiger partial charge in [0.1, 0.15) is 5.75 Å². The number of nitrogens with zero attached hydrogens (tertiary/aromatic N) is 2. The Morgan fingerprint density at radius 3 is 2.61 bits per heavy atom. The fourth-order valence-electron chi connectivity index (χ4n) is 4.61. The number of hydrogen-bond acceptors (Lipinski definition) is 4. The first-order valence-corrected chi connectivity index (χ1v) is 11.3. The van der Waals surface area contributed by atoms with Gasteiger partial charge in [-0.2, -0.15) is 0 Å². The van der Waals surface area contributed by atoms with Gasteiger partial charge in [-0.1, -0.05) is 69.5 Å². The summed E-state index contributed by atoms with van der Waals surface area (Å²) in [5.74, 6) is 1.14. The van der Waals surface area contributed by atoms with Gasteiger partial charge in [0.05, 0.1) is 28.7 Å². The second-order valence-corrected chi connectivity index (χ2v) is 8.61. The fraction of sp³-hybridized carbons (Fsp3) is 0.207. The summed E-state index contributed by atoms with van der Waals surface area (Å²) in [7, 11) is 0. The van der Waals surface area contributed by atoms with Crippen molar-refractivity contribution in [1.29, 1.82) is 0 Å². The van der Waals surface area contributed by atoms with Gasteiger partial charge in [0, 0.05) is 34.6 Å². The molecule has 0 fully saturated rings. The molecule has 1 unspecified atom stereocenters. The Balaban J connectivity index is 1.69. The molecular formula is C29H26N2O2. The highest BCUT2D eigenvalue weighted by Gasteiger charge is 2.30. The normalized spacial score (nSPS) is 14.8. The summed E-state index contributed by atoms with van der Waals surface area (Å²) in [5.41, 5.74) is 8.88. The SMILES string of the molecule is C=Cc1c2c(c3nc4cc(CC(=O)c5ccccc5)ccc4nc3c1C(=C)CC)C(C)CO2. The molecule has 0 spiro atoms. The summed E-state index contributed by atoms with van der Waals surface area (Å²) >= 11 is 0. The van der Waals surface area contributed by atoms with E-state index in [1.54, 1.807) is 0 Å². The molecule has 5 rings (SSSR count). The molecule has 4 heteroatoms. The van der Waals surface area contributed by atoms with Gasteiger partial charge in [-0.15, -0.1) is 0 Å². The van der Waals surface area contributed by atoms with Crippen LogP contribution in [0.5, 0.6) is 5.75 Å².